The average Bonchev–Trinajstić information content (AvgIpc) is 2.31. The zero-order chi connectivity index (χ0) is 12.4. The molecule has 0 spiro atoms. The van der Waals surface area contributed by atoms with Crippen molar-refractivity contribution >= 4 is 37.5 Å². The van der Waals surface area contributed by atoms with Crippen LogP contribution in [-0.2, 0) is 0 Å². The summed E-state index contributed by atoms with van der Waals surface area (Å²) in [5.41, 5.74) is 7.48. The highest BCUT2D eigenvalue weighted by atomic mass is 79.9. The maximum absolute atomic E-state index is 5.78. The van der Waals surface area contributed by atoms with Gasteiger partial charge in [-0.1, -0.05) is 6.07 Å². The number of pyridine rings is 1. The Bertz CT molecular complexity index is 509. The minimum Gasteiger partial charge on any atom is -0.437 e. The Hall–Kier alpha value is -1.07. The number of rotatable bonds is 2. The highest BCUT2D eigenvalue weighted by Crippen LogP contribution is 2.36. The van der Waals surface area contributed by atoms with Crippen LogP contribution >= 0.6 is 31.9 Å². The van der Waals surface area contributed by atoms with Crippen LogP contribution in [0.5, 0.6) is 11.6 Å². The van der Waals surface area contributed by atoms with Gasteiger partial charge in [0.25, 0.3) is 0 Å². The molecule has 0 radical (unpaired) electrons. The average molecular weight is 358 g/mol. The van der Waals surface area contributed by atoms with Crippen LogP contribution in [0.15, 0.2) is 39.4 Å². The molecule has 17 heavy (non-hydrogen) atoms. The lowest BCUT2D eigenvalue weighted by atomic mass is 10.3. The maximum Gasteiger partial charge on any atom is 0.233 e. The lowest BCUT2D eigenvalue weighted by molar-refractivity contribution is 0.456. The molecule has 3 nitrogen and oxygen atoms in total. The second kappa shape index (κ2) is 5.06. The highest BCUT2D eigenvalue weighted by Gasteiger charge is 2.10. The van der Waals surface area contributed by atoms with Crippen LogP contribution < -0.4 is 10.5 Å². The highest BCUT2D eigenvalue weighted by molar-refractivity contribution is 9.11. The quantitative estimate of drug-likeness (QED) is 0.815. The number of ether oxygens (including phenoxy) is 1. The molecule has 0 saturated heterocycles. The molecule has 2 aromatic rings. The molecule has 0 atom stereocenters. The monoisotopic (exact) mass is 356 g/mol. The molecule has 0 aliphatic rings. The Morgan fingerprint density at radius 2 is 1.94 bits per heavy atom. The Morgan fingerprint density at radius 1 is 1.18 bits per heavy atom. The molecule has 0 aliphatic heterocycles. The summed E-state index contributed by atoms with van der Waals surface area (Å²) in [6.45, 7) is 1.98. The fourth-order valence-corrected chi connectivity index (χ4v) is 1.96. The van der Waals surface area contributed by atoms with Crippen LogP contribution in [0.25, 0.3) is 0 Å². The fourth-order valence-electron chi connectivity index (χ4n) is 1.30. The molecular weight excluding hydrogens is 348 g/mol. The van der Waals surface area contributed by atoms with E-state index in [1.54, 1.807) is 12.3 Å². The van der Waals surface area contributed by atoms with E-state index >= 15 is 0 Å². The number of hydrogen-bond donors (Lipinski definition) is 1. The first-order valence-corrected chi connectivity index (χ1v) is 6.51. The fraction of sp³-hybridized carbons (Fsp3) is 0.0833. The molecule has 2 N–H and O–H groups in total. The molecule has 1 heterocycles. The standard InChI is InChI=1S/C12H10Br2N2O/c1-7-5-6-16-12(10(7)13)17-9-4-2-3-8(15)11(9)14/h2-6H,15H2,1H3. The van der Waals surface area contributed by atoms with E-state index in [1.165, 1.54) is 0 Å². The van der Waals surface area contributed by atoms with E-state index in [0.717, 1.165) is 14.5 Å². The number of halogens is 2. The summed E-state index contributed by atoms with van der Waals surface area (Å²) in [5, 5.41) is 0. The smallest absolute Gasteiger partial charge is 0.233 e. The van der Waals surface area contributed by atoms with Gasteiger partial charge in [-0.25, -0.2) is 4.98 Å². The molecule has 0 unspecified atom stereocenters. The van der Waals surface area contributed by atoms with Gasteiger partial charge in [-0.2, -0.15) is 0 Å². The van der Waals surface area contributed by atoms with E-state index < -0.39 is 0 Å². The van der Waals surface area contributed by atoms with Crippen LogP contribution in [0.1, 0.15) is 5.56 Å². The van der Waals surface area contributed by atoms with Crippen molar-refractivity contribution < 1.29 is 4.74 Å². The van der Waals surface area contributed by atoms with Gasteiger partial charge in [-0.15, -0.1) is 0 Å². The first kappa shape index (κ1) is 12.4. The number of nitrogens with two attached hydrogens (primary N) is 1. The summed E-state index contributed by atoms with van der Waals surface area (Å²) in [6.07, 6.45) is 1.70. The predicted octanol–water partition coefficient (Wildman–Crippen LogP) is 4.29. The van der Waals surface area contributed by atoms with Gasteiger partial charge >= 0.3 is 0 Å². The summed E-state index contributed by atoms with van der Waals surface area (Å²) in [7, 11) is 0. The number of anilines is 1. The minimum atomic E-state index is 0.524. The largest absolute Gasteiger partial charge is 0.437 e. The zero-order valence-corrected chi connectivity index (χ0v) is 12.2. The van der Waals surface area contributed by atoms with Gasteiger partial charge in [-0.3, -0.25) is 0 Å². The second-order valence-electron chi connectivity index (χ2n) is 3.51. The number of nitrogen functional groups attached to an aromatic ring is 1. The maximum atomic E-state index is 5.78. The molecule has 0 saturated carbocycles. The third-order valence-electron chi connectivity index (χ3n) is 2.25. The Balaban J connectivity index is 2.38. The second-order valence-corrected chi connectivity index (χ2v) is 5.09. The topological polar surface area (TPSA) is 48.1 Å². The molecular formula is C12H10Br2N2O. The van der Waals surface area contributed by atoms with Gasteiger partial charge in [-0.05, 0) is 62.5 Å². The van der Waals surface area contributed by atoms with Crippen LogP contribution in [0.3, 0.4) is 0 Å². The van der Waals surface area contributed by atoms with E-state index in [9.17, 15) is 0 Å². The number of aryl methyl sites for hydroxylation is 1. The Kier molecular flexibility index (Phi) is 3.69. The summed E-state index contributed by atoms with van der Waals surface area (Å²) in [6, 6.07) is 7.37. The molecule has 2 rings (SSSR count). The van der Waals surface area contributed by atoms with Gasteiger partial charge in [0.1, 0.15) is 5.75 Å². The summed E-state index contributed by atoms with van der Waals surface area (Å²) < 4.78 is 7.29. The zero-order valence-electron chi connectivity index (χ0n) is 9.08. The lowest BCUT2D eigenvalue weighted by Gasteiger charge is -2.10. The SMILES string of the molecule is Cc1ccnc(Oc2cccc(N)c2Br)c1Br. The molecule has 0 amide bonds. The van der Waals surface area contributed by atoms with E-state index in [1.807, 2.05) is 25.1 Å². The van der Waals surface area contributed by atoms with Crippen molar-refractivity contribution in [2.24, 2.45) is 0 Å². The number of hydrogen-bond acceptors (Lipinski definition) is 3. The van der Waals surface area contributed by atoms with E-state index in [0.29, 0.717) is 17.3 Å². The van der Waals surface area contributed by atoms with E-state index in [4.69, 9.17) is 10.5 Å². The Morgan fingerprint density at radius 3 is 2.71 bits per heavy atom. The van der Waals surface area contributed by atoms with Gasteiger partial charge in [0.2, 0.25) is 5.88 Å². The number of nitrogens with zero attached hydrogens (tertiary/aromatic N) is 1. The van der Waals surface area contributed by atoms with Crippen LogP contribution in [0.2, 0.25) is 0 Å². The summed E-state index contributed by atoms with van der Waals surface area (Å²) in [4.78, 5) is 4.17. The first-order valence-electron chi connectivity index (χ1n) is 4.92. The summed E-state index contributed by atoms with van der Waals surface area (Å²) in [5.74, 6) is 1.17. The van der Waals surface area contributed by atoms with Crippen molar-refractivity contribution in [3.8, 4) is 11.6 Å². The lowest BCUT2D eigenvalue weighted by Crippen LogP contribution is -1.94. The third-order valence-corrected chi connectivity index (χ3v) is 4.06. The van der Waals surface area contributed by atoms with Crippen molar-refractivity contribution in [2.45, 2.75) is 6.92 Å². The van der Waals surface area contributed by atoms with E-state index in [2.05, 4.69) is 36.8 Å². The molecule has 1 aromatic heterocycles. The molecule has 5 heteroatoms. The molecule has 0 fully saturated rings. The van der Waals surface area contributed by atoms with E-state index in [-0.39, 0.29) is 0 Å². The predicted molar refractivity (Wildman–Crippen MR) is 75.3 cm³/mol. The molecule has 0 bridgehead atoms. The van der Waals surface area contributed by atoms with Crippen molar-refractivity contribution in [2.75, 3.05) is 5.73 Å². The van der Waals surface area contributed by atoms with Crippen LogP contribution in [-0.4, -0.2) is 4.98 Å². The van der Waals surface area contributed by atoms with Crippen molar-refractivity contribution in [1.82, 2.24) is 4.98 Å². The van der Waals surface area contributed by atoms with Gasteiger partial charge in [0.05, 0.1) is 8.95 Å². The third kappa shape index (κ3) is 2.61. The van der Waals surface area contributed by atoms with Crippen molar-refractivity contribution in [1.29, 1.82) is 0 Å². The van der Waals surface area contributed by atoms with Gasteiger partial charge in [0.15, 0.2) is 0 Å². The van der Waals surface area contributed by atoms with Crippen LogP contribution in [0.4, 0.5) is 5.69 Å². The van der Waals surface area contributed by atoms with Crippen molar-refractivity contribution in [3.63, 3.8) is 0 Å². The minimum absolute atomic E-state index is 0.524. The molecule has 88 valence electrons. The van der Waals surface area contributed by atoms with Gasteiger partial charge < -0.3 is 10.5 Å². The molecule has 1 aromatic carbocycles. The Labute approximate surface area is 116 Å². The van der Waals surface area contributed by atoms with Crippen LogP contribution in [0, 0.1) is 6.92 Å². The molecule has 0 aliphatic carbocycles. The van der Waals surface area contributed by atoms with Gasteiger partial charge in [0, 0.05) is 11.9 Å². The first-order chi connectivity index (χ1) is 8.09. The normalized spacial score (nSPS) is 10.3. The summed E-state index contributed by atoms with van der Waals surface area (Å²) >= 11 is 6.83. The number of aromatic nitrogens is 1. The number of benzene rings is 1. The van der Waals surface area contributed by atoms with Crippen molar-refractivity contribution in [3.05, 3.63) is 45.0 Å².